The van der Waals surface area contributed by atoms with E-state index < -0.39 is 8.07 Å². The van der Waals surface area contributed by atoms with Crippen molar-refractivity contribution >= 4 is 15.2 Å². The molecule has 0 bridgehead atoms. The maximum absolute atomic E-state index is 10.6. The molecule has 30 heavy (non-hydrogen) atoms. The fourth-order valence-electron chi connectivity index (χ4n) is 3.35. The molecular formula is C23H41BO5Si. The first-order valence-corrected chi connectivity index (χ1v) is 14.8. The molecule has 2 rings (SSSR count). The molecule has 1 N–H and O–H groups in total. The van der Waals surface area contributed by atoms with E-state index in [2.05, 4.69) is 47.3 Å². The number of benzene rings is 1. The summed E-state index contributed by atoms with van der Waals surface area (Å²) >= 11 is 0. The maximum atomic E-state index is 10.6. The molecule has 1 fully saturated rings. The van der Waals surface area contributed by atoms with Crippen LogP contribution in [-0.4, -0.2) is 44.9 Å². The molecular weight excluding hydrogens is 395 g/mol. The van der Waals surface area contributed by atoms with Crippen LogP contribution in [0.3, 0.4) is 0 Å². The first-order valence-electron chi connectivity index (χ1n) is 11.1. The molecule has 0 saturated carbocycles. The van der Waals surface area contributed by atoms with Crippen molar-refractivity contribution in [3.05, 3.63) is 28.8 Å². The molecule has 1 aromatic rings. The Balaban J connectivity index is 1.77. The minimum atomic E-state index is -1.07. The minimum Gasteiger partial charge on any atom is -0.507 e. The number of hydrogen-bond donors (Lipinski definition) is 1. The topological polar surface area (TPSA) is 57.2 Å². The Morgan fingerprint density at radius 1 is 1.00 bits per heavy atom. The van der Waals surface area contributed by atoms with Gasteiger partial charge in [0.2, 0.25) is 0 Å². The van der Waals surface area contributed by atoms with Crippen molar-refractivity contribution < 1.29 is 23.9 Å². The number of phenols is 1. The molecule has 1 aliphatic rings. The zero-order valence-electron chi connectivity index (χ0n) is 20.3. The zero-order chi connectivity index (χ0) is 22.6. The fraction of sp³-hybridized carbons (Fsp3) is 0.739. The van der Waals surface area contributed by atoms with Crippen molar-refractivity contribution in [2.75, 3.05) is 13.4 Å². The van der Waals surface area contributed by atoms with E-state index in [-0.39, 0.29) is 18.3 Å². The molecule has 0 unspecified atom stereocenters. The minimum absolute atomic E-state index is 0.188. The Bertz CT molecular complexity index is 684. The second-order valence-electron chi connectivity index (χ2n) is 10.6. The summed E-state index contributed by atoms with van der Waals surface area (Å²) in [5.74, 6) is 0.365. The number of ether oxygens (including phenoxy) is 2. The highest BCUT2D eigenvalue weighted by molar-refractivity contribution is 6.76. The summed E-state index contributed by atoms with van der Waals surface area (Å²) in [5.41, 5.74) is 2.24. The summed E-state index contributed by atoms with van der Waals surface area (Å²) in [6.07, 6.45) is 2.49. The maximum Gasteiger partial charge on any atom is 0.457 e. The first-order chi connectivity index (χ1) is 13.8. The second-order valence-corrected chi connectivity index (χ2v) is 16.2. The van der Waals surface area contributed by atoms with Gasteiger partial charge in [0, 0.05) is 14.7 Å². The Morgan fingerprint density at radius 2 is 1.60 bits per heavy atom. The van der Waals surface area contributed by atoms with Crippen LogP contribution < -0.4 is 0 Å². The third-order valence-corrected chi connectivity index (χ3v) is 7.94. The monoisotopic (exact) mass is 436 g/mol. The van der Waals surface area contributed by atoms with Crippen LogP contribution in [0.4, 0.5) is 0 Å². The first kappa shape index (κ1) is 25.4. The van der Waals surface area contributed by atoms with Crippen LogP contribution in [0, 0.1) is 6.92 Å². The molecule has 1 saturated heterocycles. The van der Waals surface area contributed by atoms with Crippen LogP contribution in [0.25, 0.3) is 0 Å². The van der Waals surface area contributed by atoms with Gasteiger partial charge in [0.05, 0.1) is 17.8 Å². The van der Waals surface area contributed by atoms with Crippen LogP contribution in [0.1, 0.15) is 50.8 Å². The number of aromatic hydroxyl groups is 1. The van der Waals surface area contributed by atoms with Crippen molar-refractivity contribution in [3.63, 3.8) is 0 Å². The smallest absolute Gasteiger partial charge is 0.457 e. The summed E-state index contributed by atoms with van der Waals surface area (Å²) in [6.45, 7) is 18.7. The van der Waals surface area contributed by atoms with Crippen molar-refractivity contribution in [2.45, 2.75) is 97.3 Å². The van der Waals surface area contributed by atoms with Gasteiger partial charge in [0.25, 0.3) is 0 Å². The normalized spacial score (nSPS) is 18.2. The number of hydrogen-bond acceptors (Lipinski definition) is 5. The average Bonchev–Trinajstić information content (AvgIpc) is 2.82. The lowest BCUT2D eigenvalue weighted by molar-refractivity contribution is -0.0574. The van der Waals surface area contributed by atoms with Gasteiger partial charge in [-0.15, -0.1) is 0 Å². The van der Waals surface area contributed by atoms with Crippen molar-refractivity contribution in [3.8, 4) is 5.75 Å². The highest BCUT2D eigenvalue weighted by Gasteiger charge is 2.50. The Labute approximate surface area is 184 Å². The lowest BCUT2D eigenvalue weighted by Gasteiger charge is -2.32. The summed E-state index contributed by atoms with van der Waals surface area (Å²) in [6, 6.07) is 5.18. The van der Waals surface area contributed by atoms with Gasteiger partial charge < -0.3 is 23.9 Å². The van der Waals surface area contributed by atoms with Crippen LogP contribution in [0.2, 0.25) is 32.0 Å². The van der Waals surface area contributed by atoms with Crippen molar-refractivity contribution in [2.24, 2.45) is 0 Å². The van der Waals surface area contributed by atoms with Gasteiger partial charge in [0.1, 0.15) is 12.5 Å². The lowest BCUT2D eigenvalue weighted by Crippen LogP contribution is -2.41. The molecule has 0 radical (unpaired) electrons. The number of rotatable bonds is 11. The second kappa shape index (κ2) is 10.2. The van der Waals surface area contributed by atoms with E-state index in [1.807, 2.05) is 19.1 Å². The lowest BCUT2D eigenvalue weighted by atomic mass is 9.81. The van der Waals surface area contributed by atoms with Gasteiger partial charge >= 0.3 is 7.12 Å². The summed E-state index contributed by atoms with van der Waals surface area (Å²) < 4.78 is 23.3. The summed E-state index contributed by atoms with van der Waals surface area (Å²) in [7, 11) is -1.26. The van der Waals surface area contributed by atoms with Crippen LogP contribution in [-0.2, 0) is 31.8 Å². The highest BCUT2D eigenvalue weighted by Crippen LogP contribution is 2.38. The highest BCUT2D eigenvalue weighted by atomic mass is 28.3. The average molecular weight is 436 g/mol. The van der Waals surface area contributed by atoms with Crippen LogP contribution >= 0.6 is 0 Å². The molecule has 0 aliphatic carbocycles. The summed E-state index contributed by atoms with van der Waals surface area (Å²) in [4.78, 5) is 0. The van der Waals surface area contributed by atoms with Gasteiger partial charge in [-0.2, -0.15) is 0 Å². The Morgan fingerprint density at radius 3 is 2.20 bits per heavy atom. The number of phenolic OH excluding ortho intramolecular Hbond substituents is 1. The van der Waals surface area contributed by atoms with E-state index in [9.17, 15) is 5.11 Å². The van der Waals surface area contributed by atoms with Crippen LogP contribution in [0.15, 0.2) is 12.1 Å². The standard InChI is InChI=1S/C23H41BO5Si/c1-18-20(16-27-17-26-14-15-30(6,7)8)12-11-19(21(18)25)10-9-13-24-28-22(2,3)23(4,5)29-24/h11-12,25H,9-10,13-17H2,1-8H3. The van der Waals surface area contributed by atoms with E-state index in [1.54, 1.807) is 0 Å². The van der Waals surface area contributed by atoms with Crippen molar-refractivity contribution in [1.29, 1.82) is 0 Å². The molecule has 0 atom stereocenters. The Kier molecular flexibility index (Phi) is 8.61. The third-order valence-electron chi connectivity index (χ3n) is 6.24. The quantitative estimate of drug-likeness (QED) is 0.280. The van der Waals surface area contributed by atoms with Crippen molar-refractivity contribution in [1.82, 2.24) is 0 Å². The van der Waals surface area contributed by atoms with E-state index >= 15 is 0 Å². The molecule has 1 aromatic carbocycles. The van der Waals surface area contributed by atoms with E-state index in [0.29, 0.717) is 19.1 Å². The molecule has 1 aliphatic heterocycles. The third kappa shape index (κ3) is 7.09. The molecule has 0 amide bonds. The zero-order valence-corrected chi connectivity index (χ0v) is 21.3. The molecule has 7 heteroatoms. The fourth-order valence-corrected chi connectivity index (χ4v) is 4.10. The predicted octanol–water partition coefficient (Wildman–Crippen LogP) is 5.55. The largest absolute Gasteiger partial charge is 0.507 e. The number of aryl methyl sites for hydroxylation is 1. The molecule has 0 aromatic heterocycles. The molecule has 5 nitrogen and oxygen atoms in total. The van der Waals surface area contributed by atoms with Gasteiger partial charge in [-0.3, -0.25) is 0 Å². The predicted molar refractivity (Wildman–Crippen MR) is 126 cm³/mol. The van der Waals surface area contributed by atoms with Gasteiger partial charge in [-0.25, -0.2) is 0 Å². The SMILES string of the molecule is Cc1c(COCOCC[Si](C)(C)C)ccc(CCCB2OC(C)(C)C(C)(C)O2)c1O. The van der Waals surface area contributed by atoms with E-state index in [0.717, 1.165) is 48.5 Å². The van der Waals surface area contributed by atoms with E-state index in [4.69, 9.17) is 18.8 Å². The molecule has 1 heterocycles. The van der Waals surface area contributed by atoms with Gasteiger partial charge in [0.15, 0.2) is 0 Å². The summed E-state index contributed by atoms with van der Waals surface area (Å²) in [5, 5.41) is 10.6. The molecule has 170 valence electrons. The van der Waals surface area contributed by atoms with Gasteiger partial charge in [-0.05, 0) is 70.1 Å². The molecule has 0 spiro atoms. The van der Waals surface area contributed by atoms with Crippen LogP contribution in [0.5, 0.6) is 5.75 Å². The Hall–Kier alpha value is -0.858. The van der Waals surface area contributed by atoms with E-state index in [1.165, 1.54) is 0 Å². The van der Waals surface area contributed by atoms with Gasteiger partial charge in [-0.1, -0.05) is 38.2 Å².